The molecule has 0 bridgehead atoms. The summed E-state index contributed by atoms with van der Waals surface area (Å²) in [7, 11) is -3.56. The minimum Gasteiger partial charge on any atom is -0.497 e. The van der Waals surface area contributed by atoms with Gasteiger partial charge in [-0.2, -0.15) is 0 Å². The first-order valence-electron chi connectivity index (χ1n) is 24.3. The largest absolute Gasteiger partial charge is 0.497 e. The number of nitrogens with one attached hydrogen (secondary N) is 1. The van der Waals surface area contributed by atoms with Gasteiger partial charge in [0, 0.05) is 31.3 Å². The molecule has 0 spiro atoms. The molecule has 1 aromatic carbocycles. The van der Waals surface area contributed by atoms with E-state index in [0.717, 1.165) is 18.4 Å². The summed E-state index contributed by atoms with van der Waals surface area (Å²) >= 11 is 0. The molecule has 0 aliphatic heterocycles. The minimum atomic E-state index is -2.34. The molecule has 0 aromatic heterocycles. The highest BCUT2D eigenvalue weighted by Gasteiger charge is 2.49. The zero-order valence-corrected chi connectivity index (χ0v) is 50.3. The highest BCUT2D eigenvalue weighted by molar-refractivity contribution is 6.78. The zero-order chi connectivity index (χ0) is 50.0. The average molecular weight is 969 g/mol. The van der Waals surface area contributed by atoms with Crippen LogP contribution in [0.4, 0.5) is 5.69 Å². The van der Waals surface area contributed by atoms with Gasteiger partial charge in [0.25, 0.3) is 0 Å². The van der Waals surface area contributed by atoms with Gasteiger partial charge in [-0.15, -0.1) is 0 Å². The molecule has 9 nitrogen and oxygen atoms in total. The topological polar surface area (TPSA) is 93.7 Å². The van der Waals surface area contributed by atoms with Gasteiger partial charge in [-0.1, -0.05) is 117 Å². The zero-order valence-electron chi connectivity index (χ0n) is 46.3. The Balaban J connectivity index is 3.74. The van der Waals surface area contributed by atoms with Crippen molar-refractivity contribution in [2.75, 3.05) is 39.9 Å². The molecule has 0 aliphatic carbocycles. The first kappa shape index (κ1) is 60.7. The third-order valence-electron chi connectivity index (χ3n) is 15.4. The van der Waals surface area contributed by atoms with Crippen LogP contribution < -0.4 is 14.8 Å². The molecule has 0 fully saturated rings. The van der Waals surface area contributed by atoms with Gasteiger partial charge in [0.2, 0.25) is 14.2 Å². The maximum Gasteiger partial charge on any atom is 0.227 e. The molecule has 1 N–H and O–H groups in total. The molecule has 1 aromatic rings. The highest BCUT2D eigenvalue weighted by atomic mass is 28.4. The van der Waals surface area contributed by atoms with Crippen molar-refractivity contribution >= 4 is 44.9 Å². The Labute approximate surface area is 399 Å². The van der Waals surface area contributed by atoms with Gasteiger partial charge in [0.1, 0.15) is 11.5 Å². The van der Waals surface area contributed by atoms with Crippen molar-refractivity contribution in [2.45, 2.75) is 233 Å². The van der Waals surface area contributed by atoms with Crippen LogP contribution in [0, 0.1) is 5.92 Å². The summed E-state index contributed by atoms with van der Waals surface area (Å²) in [5.74, 6) is 1.18. The quantitative estimate of drug-likeness (QED) is 0.0725. The lowest BCUT2D eigenvalue weighted by atomic mass is 9.91. The number of aryl methyl sites for hydroxylation is 1. The average Bonchev–Trinajstić information content (AvgIpc) is 3.14. The second kappa shape index (κ2) is 24.3. The van der Waals surface area contributed by atoms with E-state index in [4.69, 9.17) is 31.9 Å². The number of hydrogen-bond donors (Lipinski definition) is 1. The molecule has 4 atom stereocenters. The van der Waals surface area contributed by atoms with Gasteiger partial charge in [0.05, 0.1) is 51.2 Å². The summed E-state index contributed by atoms with van der Waals surface area (Å²) in [5.41, 5.74) is 4.03. The van der Waals surface area contributed by atoms with E-state index < -0.39 is 33.3 Å². The molecule has 0 saturated heterocycles. The van der Waals surface area contributed by atoms with Crippen molar-refractivity contribution in [2.24, 2.45) is 5.92 Å². The summed E-state index contributed by atoms with van der Waals surface area (Å²) in [6, 6.07) is 3.84. The van der Waals surface area contributed by atoms with Crippen LogP contribution in [0.5, 0.6) is 11.5 Å². The van der Waals surface area contributed by atoms with E-state index in [1.165, 1.54) is 5.57 Å². The van der Waals surface area contributed by atoms with E-state index in [9.17, 15) is 4.79 Å². The van der Waals surface area contributed by atoms with Gasteiger partial charge in [-0.3, -0.25) is 4.79 Å². The molecule has 1 rings (SSSR count). The first-order chi connectivity index (χ1) is 29.0. The number of methoxy groups -OCH3 is 3. The SMILES string of the molecule is COc1cc(CCC=C(C)[C@H](O[Si](C(C)C)(C(C)C)C(C)C)[C@@H](C)[C@H](CCO[Si](C)(C)C(C)(C)C)O[Si](C)(C)C(C)(C)C)c(OC)c(NC(=O)C[C@H](CO[Si](C)(C)C(C)(C)C)OC)c1. The van der Waals surface area contributed by atoms with Crippen LogP contribution in [0.25, 0.3) is 0 Å². The Hall–Kier alpha value is -1.30. The third kappa shape index (κ3) is 16.4. The summed E-state index contributed by atoms with van der Waals surface area (Å²) in [4.78, 5) is 13.6. The molecule has 0 aliphatic rings. The molecule has 0 unspecified atom stereocenters. The maximum atomic E-state index is 13.6. The lowest BCUT2D eigenvalue weighted by Gasteiger charge is -2.48. The van der Waals surface area contributed by atoms with Crippen LogP contribution in [-0.4, -0.2) is 92.0 Å². The summed E-state index contributed by atoms with van der Waals surface area (Å²) in [6.45, 7) is 54.2. The lowest BCUT2D eigenvalue weighted by Crippen LogP contribution is -2.54. The van der Waals surface area contributed by atoms with E-state index in [1.807, 2.05) is 12.1 Å². The van der Waals surface area contributed by atoms with Crippen LogP contribution in [0.15, 0.2) is 23.8 Å². The molecule has 0 radical (unpaired) electrons. The van der Waals surface area contributed by atoms with Gasteiger partial charge in [-0.25, -0.2) is 0 Å². The summed E-state index contributed by atoms with van der Waals surface area (Å²) in [5, 5.41) is 3.35. The van der Waals surface area contributed by atoms with E-state index in [2.05, 4.69) is 168 Å². The number of carbonyl (C=O) groups excluding carboxylic acids is 1. The van der Waals surface area contributed by atoms with E-state index in [-0.39, 0.29) is 51.7 Å². The number of anilines is 1. The standard InChI is InChI=1S/C51H101NO8Si4/c1-36(2)64(37(3)4,38(5)6)60-47(40(8)45(59-63(25,26)51(15,16)17)30-31-57-61(21,22)49(9,10)11)39(7)28-27-29-41-32-42(54-18)33-44(48(41)56-20)52-46(53)34-43(55-19)35-58-62(23,24)50(12,13)14/h28,32-33,36-38,40,43,45,47H,27,29-31,34-35H2,1-26H3,(H,52,53)/t40-,43+,45-,47-/m0/s1. The molecule has 13 heteroatoms. The van der Waals surface area contributed by atoms with Gasteiger partial charge in [0.15, 0.2) is 25.0 Å². The van der Waals surface area contributed by atoms with Crippen molar-refractivity contribution in [1.29, 1.82) is 0 Å². The van der Waals surface area contributed by atoms with Crippen molar-refractivity contribution in [3.8, 4) is 11.5 Å². The molecule has 0 saturated carbocycles. The molecule has 64 heavy (non-hydrogen) atoms. The monoisotopic (exact) mass is 968 g/mol. The number of ether oxygens (including phenoxy) is 3. The first-order valence-corrected chi connectivity index (χ1v) is 35.2. The number of amides is 1. The Kier molecular flexibility index (Phi) is 23.1. The number of carbonyl (C=O) groups is 1. The summed E-state index contributed by atoms with van der Waals surface area (Å²) < 4.78 is 46.1. The van der Waals surface area contributed by atoms with Crippen LogP contribution in [0.2, 0.25) is 71.0 Å². The molecule has 1 amide bonds. The minimum absolute atomic E-state index is 0.0434. The van der Waals surface area contributed by atoms with Crippen LogP contribution in [0.1, 0.15) is 143 Å². The van der Waals surface area contributed by atoms with Crippen LogP contribution in [0.3, 0.4) is 0 Å². The maximum absolute atomic E-state index is 13.6. The Morgan fingerprint density at radius 1 is 0.703 bits per heavy atom. The van der Waals surface area contributed by atoms with Gasteiger partial charge >= 0.3 is 0 Å². The second-order valence-electron chi connectivity index (χ2n) is 24.1. The normalized spacial score (nSPS) is 16.0. The molecular formula is C51H101NO8Si4. The van der Waals surface area contributed by atoms with Crippen LogP contribution >= 0.6 is 0 Å². The number of allylic oxidation sites excluding steroid dienone is 1. The Bertz CT molecular complexity index is 1600. The van der Waals surface area contributed by atoms with Crippen molar-refractivity contribution in [1.82, 2.24) is 0 Å². The predicted octanol–water partition coefficient (Wildman–Crippen LogP) is 14.9. The van der Waals surface area contributed by atoms with E-state index in [1.54, 1.807) is 21.3 Å². The van der Waals surface area contributed by atoms with Crippen molar-refractivity contribution in [3.05, 3.63) is 29.3 Å². The third-order valence-corrected chi connectivity index (χ3v) is 35.0. The Morgan fingerprint density at radius 2 is 1.20 bits per heavy atom. The predicted molar refractivity (Wildman–Crippen MR) is 284 cm³/mol. The van der Waals surface area contributed by atoms with Crippen molar-refractivity contribution < 1.29 is 36.7 Å². The van der Waals surface area contributed by atoms with Gasteiger partial charge in [-0.05, 0) is 109 Å². The second-order valence-corrected chi connectivity index (χ2v) is 43.8. The van der Waals surface area contributed by atoms with E-state index in [0.29, 0.717) is 53.4 Å². The Morgan fingerprint density at radius 3 is 1.64 bits per heavy atom. The fourth-order valence-electron chi connectivity index (χ4n) is 8.07. The fraction of sp³-hybridized carbons (Fsp3) is 0.824. The van der Waals surface area contributed by atoms with Crippen molar-refractivity contribution in [3.63, 3.8) is 0 Å². The molecular weight excluding hydrogens is 867 g/mol. The molecule has 374 valence electrons. The van der Waals surface area contributed by atoms with E-state index >= 15 is 0 Å². The number of rotatable bonds is 26. The smallest absolute Gasteiger partial charge is 0.227 e. The summed E-state index contributed by atoms with van der Waals surface area (Å²) in [6.07, 6.45) is 4.18. The number of hydrogen-bond acceptors (Lipinski definition) is 8. The fourth-order valence-corrected chi connectivity index (χ4v) is 17.3. The number of benzene rings is 1. The highest BCUT2D eigenvalue weighted by Crippen LogP contribution is 2.47. The van der Waals surface area contributed by atoms with Gasteiger partial charge < -0.3 is 37.2 Å². The lowest BCUT2D eigenvalue weighted by molar-refractivity contribution is -0.119. The van der Waals surface area contributed by atoms with Crippen LogP contribution in [-0.2, 0) is 33.7 Å². The molecule has 0 heterocycles.